The van der Waals surface area contributed by atoms with Crippen LogP contribution in [0, 0.1) is 5.92 Å². The van der Waals surface area contributed by atoms with E-state index in [1.54, 1.807) is 0 Å². The van der Waals surface area contributed by atoms with Crippen molar-refractivity contribution in [3.05, 3.63) is 0 Å². The number of carbonyl (C=O) groups excluding carboxylic acids is 2. The van der Waals surface area contributed by atoms with Crippen LogP contribution in [0.15, 0.2) is 0 Å². The Bertz CT molecular complexity index is 362. The van der Waals surface area contributed by atoms with Gasteiger partial charge < -0.3 is 16.0 Å². The summed E-state index contributed by atoms with van der Waals surface area (Å²) in [5.41, 5.74) is 5.97. The topological polar surface area (TPSA) is 75.4 Å². The Balaban J connectivity index is 0.00000200. The van der Waals surface area contributed by atoms with Gasteiger partial charge in [-0.1, -0.05) is 6.42 Å². The van der Waals surface area contributed by atoms with Crippen LogP contribution in [0.1, 0.15) is 46.0 Å². The molecule has 20 heavy (non-hydrogen) atoms. The molecule has 0 aromatic heterocycles. The molecule has 0 radical (unpaired) electrons. The molecule has 6 heteroatoms. The smallest absolute Gasteiger partial charge is 0.245 e. The lowest BCUT2D eigenvalue weighted by molar-refractivity contribution is -0.134. The molecule has 0 bridgehead atoms. The lowest BCUT2D eigenvalue weighted by Gasteiger charge is -2.21. The van der Waals surface area contributed by atoms with Gasteiger partial charge in [0.15, 0.2) is 0 Å². The zero-order valence-corrected chi connectivity index (χ0v) is 13.1. The van der Waals surface area contributed by atoms with Gasteiger partial charge in [-0.05, 0) is 39.0 Å². The van der Waals surface area contributed by atoms with E-state index in [1.165, 1.54) is 0 Å². The van der Waals surface area contributed by atoms with Crippen LogP contribution in [-0.4, -0.2) is 41.4 Å². The number of rotatable bonds is 4. The number of likely N-dealkylation sites (tertiary alicyclic amines) is 1. The highest BCUT2D eigenvalue weighted by molar-refractivity contribution is 5.89. The SMILES string of the molecule is CC(C)N1CCC(NC(=O)C[C@@H]2CCC[C@H]2N)C1=O.Cl. The quantitative estimate of drug-likeness (QED) is 0.815. The molecule has 116 valence electrons. The second kappa shape index (κ2) is 7.27. The second-order valence-corrected chi connectivity index (χ2v) is 6.09. The largest absolute Gasteiger partial charge is 0.344 e. The molecule has 0 spiro atoms. The van der Waals surface area contributed by atoms with Crippen molar-refractivity contribution in [2.45, 2.75) is 64.1 Å². The molecule has 0 aromatic rings. The lowest BCUT2D eigenvalue weighted by atomic mass is 9.99. The molecule has 2 aliphatic rings. The third-order valence-electron chi connectivity index (χ3n) is 4.36. The van der Waals surface area contributed by atoms with Crippen molar-refractivity contribution in [2.24, 2.45) is 11.7 Å². The van der Waals surface area contributed by atoms with E-state index in [1.807, 2.05) is 18.7 Å². The van der Waals surface area contributed by atoms with E-state index < -0.39 is 0 Å². The Morgan fingerprint density at radius 2 is 2.10 bits per heavy atom. The monoisotopic (exact) mass is 303 g/mol. The van der Waals surface area contributed by atoms with Crippen LogP contribution in [0.5, 0.6) is 0 Å². The van der Waals surface area contributed by atoms with Crippen LogP contribution < -0.4 is 11.1 Å². The number of nitrogens with one attached hydrogen (secondary N) is 1. The molecule has 1 saturated heterocycles. The lowest BCUT2D eigenvalue weighted by Crippen LogP contribution is -2.44. The van der Waals surface area contributed by atoms with E-state index in [2.05, 4.69) is 5.32 Å². The average Bonchev–Trinajstić information content (AvgIpc) is 2.88. The summed E-state index contributed by atoms with van der Waals surface area (Å²) < 4.78 is 0. The van der Waals surface area contributed by atoms with Gasteiger partial charge in [-0.3, -0.25) is 9.59 Å². The Morgan fingerprint density at radius 1 is 1.40 bits per heavy atom. The molecule has 3 atom stereocenters. The molecule has 2 fully saturated rings. The predicted octanol–water partition coefficient (Wildman–Crippen LogP) is 1.05. The molecule has 3 N–H and O–H groups in total. The predicted molar refractivity (Wildman–Crippen MR) is 80.6 cm³/mol. The van der Waals surface area contributed by atoms with Gasteiger partial charge in [0, 0.05) is 25.0 Å². The van der Waals surface area contributed by atoms with Gasteiger partial charge in [-0.2, -0.15) is 0 Å². The summed E-state index contributed by atoms with van der Waals surface area (Å²) >= 11 is 0. The summed E-state index contributed by atoms with van der Waals surface area (Å²) in [6.07, 6.45) is 4.35. The highest BCUT2D eigenvalue weighted by Gasteiger charge is 2.34. The average molecular weight is 304 g/mol. The van der Waals surface area contributed by atoms with Crippen molar-refractivity contribution in [1.82, 2.24) is 10.2 Å². The maximum absolute atomic E-state index is 12.1. The molecule has 1 saturated carbocycles. The minimum atomic E-state index is -0.326. The van der Waals surface area contributed by atoms with E-state index in [0.717, 1.165) is 32.2 Å². The number of nitrogens with two attached hydrogens (primary N) is 1. The first-order valence-electron chi connectivity index (χ1n) is 7.34. The summed E-state index contributed by atoms with van der Waals surface area (Å²) in [7, 11) is 0. The third-order valence-corrected chi connectivity index (χ3v) is 4.36. The van der Waals surface area contributed by atoms with Crippen molar-refractivity contribution >= 4 is 24.2 Å². The molecule has 0 aromatic carbocycles. The number of nitrogens with zero attached hydrogens (tertiary/aromatic N) is 1. The van der Waals surface area contributed by atoms with Crippen LogP contribution in [0.4, 0.5) is 0 Å². The molecule has 1 aliphatic carbocycles. The summed E-state index contributed by atoms with van der Waals surface area (Å²) in [6, 6.07) is 0.0300. The van der Waals surface area contributed by atoms with E-state index in [0.29, 0.717) is 6.42 Å². The van der Waals surface area contributed by atoms with Crippen molar-refractivity contribution < 1.29 is 9.59 Å². The van der Waals surface area contributed by atoms with Gasteiger partial charge in [0.05, 0.1) is 0 Å². The van der Waals surface area contributed by atoms with Crippen molar-refractivity contribution in [3.8, 4) is 0 Å². The highest BCUT2D eigenvalue weighted by atomic mass is 35.5. The fraction of sp³-hybridized carbons (Fsp3) is 0.857. The molecular weight excluding hydrogens is 278 g/mol. The van der Waals surface area contributed by atoms with Gasteiger partial charge in [0.1, 0.15) is 6.04 Å². The van der Waals surface area contributed by atoms with Gasteiger partial charge in [-0.15, -0.1) is 12.4 Å². The van der Waals surface area contributed by atoms with Crippen LogP contribution in [0.2, 0.25) is 0 Å². The Labute approximate surface area is 127 Å². The van der Waals surface area contributed by atoms with Crippen LogP contribution in [0.25, 0.3) is 0 Å². The Kier molecular flexibility index (Phi) is 6.27. The second-order valence-electron chi connectivity index (χ2n) is 6.09. The summed E-state index contributed by atoms with van der Waals surface area (Å²) in [5.74, 6) is 0.322. The fourth-order valence-electron chi connectivity index (χ4n) is 3.16. The molecule has 1 heterocycles. The zero-order valence-electron chi connectivity index (χ0n) is 12.3. The number of amides is 2. The molecular formula is C14H26ClN3O2. The van der Waals surface area contributed by atoms with Crippen LogP contribution >= 0.6 is 12.4 Å². The number of hydrogen-bond donors (Lipinski definition) is 2. The first kappa shape index (κ1) is 17.2. The van der Waals surface area contributed by atoms with Gasteiger partial charge in [-0.25, -0.2) is 0 Å². The van der Waals surface area contributed by atoms with Gasteiger partial charge in [0.25, 0.3) is 0 Å². The van der Waals surface area contributed by atoms with Crippen LogP contribution in [0.3, 0.4) is 0 Å². The Morgan fingerprint density at radius 3 is 2.60 bits per heavy atom. The fourth-order valence-corrected chi connectivity index (χ4v) is 3.16. The van der Waals surface area contributed by atoms with Gasteiger partial charge in [0.2, 0.25) is 11.8 Å². The molecule has 1 unspecified atom stereocenters. The van der Waals surface area contributed by atoms with Crippen molar-refractivity contribution in [3.63, 3.8) is 0 Å². The van der Waals surface area contributed by atoms with Crippen molar-refractivity contribution in [2.75, 3.05) is 6.54 Å². The van der Waals surface area contributed by atoms with E-state index >= 15 is 0 Å². The molecule has 1 aliphatic heterocycles. The van der Waals surface area contributed by atoms with Crippen molar-refractivity contribution in [1.29, 1.82) is 0 Å². The van der Waals surface area contributed by atoms with Crippen LogP contribution in [-0.2, 0) is 9.59 Å². The maximum atomic E-state index is 12.1. The normalized spacial score (nSPS) is 29.7. The number of halogens is 1. The molecule has 2 amide bonds. The maximum Gasteiger partial charge on any atom is 0.245 e. The zero-order chi connectivity index (χ0) is 14.0. The first-order chi connectivity index (χ1) is 8.99. The third kappa shape index (κ3) is 3.85. The minimum Gasteiger partial charge on any atom is -0.344 e. The van der Waals surface area contributed by atoms with E-state index in [-0.39, 0.29) is 48.3 Å². The molecule has 2 rings (SSSR count). The standard InChI is InChI=1S/C14H25N3O2.ClH/c1-9(2)17-7-6-12(14(17)19)16-13(18)8-10-4-3-5-11(10)15;/h9-12H,3-8,15H2,1-2H3,(H,16,18);1H/t10-,11+,12?;/m0./s1. The highest BCUT2D eigenvalue weighted by Crippen LogP contribution is 2.26. The van der Waals surface area contributed by atoms with Gasteiger partial charge >= 0.3 is 0 Å². The molecule has 5 nitrogen and oxygen atoms in total. The van der Waals surface area contributed by atoms with E-state index in [9.17, 15) is 9.59 Å². The first-order valence-corrected chi connectivity index (χ1v) is 7.34. The number of carbonyl (C=O) groups is 2. The summed E-state index contributed by atoms with van der Waals surface area (Å²) in [4.78, 5) is 25.9. The Hall–Kier alpha value is -0.810. The minimum absolute atomic E-state index is 0. The van der Waals surface area contributed by atoms with E-state index in [4.69, 9.17) is 5.73 Å². The number of hydrogen-bond acceptors (Lipinski definition) is 3. The summed E-state index contributed by atoms with van der Waals surface area (Å²) in [6.45, 7) is 4.74. The summed E-state index contributed by atoms with van der Waals surface area (Å²) in [5, 5.41) is 2.88.